The summed E-state index contributed by atoms with van der Waals surface area (Å²) in [5.41, 5.74) is 0.755. The molecule has 0 bridgehead atoms. The van der Waals surface area contributed by atoms with Gasteiger partial charge in [0.25, 0.3) is 5.22 Å². The largest absolute Gasteiger partial charge is 0.454 e. The Morgan fingerprint density at radius 3 is 2.89 bits per heavy atom. The first-order valence-corrected chi connectivity index (χ1v) is 10.6. The molecule has 0 unspecified atom stereocenters. The lowest BCUT2D eigenvalue weighted by Crippen LogP contribution is -2.46. The van der Waals surface area contributed by atoms with Crippen LogP contribution >= 0.6 is 11.8 Å². The van der Waals surface area contributed by atoms with Gasteiger partial charge in [-0.1, -0.05) is 38.5 Å². The summed E-state index contributed by atoms with van der Waals surface area (Å²) < 4.78 is 16.4. The first-order chi connectivity index (χ1) is 13.5. The highest BCUT2D eigenvalue weighted by Crippen LogP contribution is 2.36. The van der Waals surface area contributed by atoms with Crippen LogP contribution in [-0.4, -0.2) is 34.2 Å². The van der Waals surface area contributed by atoms with E-state index in [1.54, 1.807) is 0 Å². The molecule has 0 radical (unpaired) electrons. The Balaban J connectivity index is 1.37. The minimum atomic E-state index is -0.311. The highest BCUT2D eigenvalue weighted by Gasteiger charge is 2.30. The van der Waals surface area contributed by atoms with Crippen LogP contribution in [0, 0.1) is 11.8 Å². The number of hydrogen-bond donors (Lipinski definition) is 1. The van der Waals surface area contributed by atoms with E-state index in [1.807, 2.05) is 25.1 Å². The quantitative estimate of drug-likeness (QED) is 0.758. The average molecular weight is 404 g/mol. The zero-order valence-electron chi connectivity index (χ0n) is 16.3. The molecule has 4 atom stereocenters. The molecule has 4 rings (SSSR count). The fraction of sp³-hybridized carbons (Fsp3) is 0.550. The van der Waals surface area contributed by atoms with Gasteiger partial charge in [-0.05, 0) is 43.4 Å². The topological polar surface area (TPSA) is 86.5 Å². The number of rotatable bonds is 5. The molecule has 28 heavy (non-hydrogen) atoms. The molecule has 2 aromatic rings. The maximum Gasteiger partial charge on any atom is 0.277 e. The molecule has 0 saturated heterocycles. The summed E-state index contributed by atoms with van der Waals surface area (Å²) in [7, 11) is 0. The molecule has 1 saturated carbocycles. The van der Waals surface area contributed by atoms with Crippen molar-refractivity contribution in [1.29, 1.82) is 0 Å². The van der Waals surface area contributed by atoms with Crippen molar-refractivity contribution in [3.8, 4) is 23.0 Å². The lowest BCUT2D eigenvalue weighted by molar-refractivity contribution is -0.121. The highest BCUT2D eigenvalue weighted by atomic mass is 32.2. The summed E-state index contributed by atoms with van der Waals surface area (Å²) in [5, 5.41) is 11.4. The van der Waals surface area contributed by atoms with Gasteiger partial charge in [-0.3, -0.25) is 4.79 Å². The van der Waals surface area contributed by atoms with Crippen LogP contribution in [0.25, 0.3) is 11.5 Å². The van der Waals surface area contributed by atoms with E-state index in [0.717, 1.165) is 12.0 Å². The molecule has 1 aromatic carbocycles. The van der Waals surface area contributed by atoms with E-state index in [-0.39, 0.29) is 24.0 Å². The molecule has 8 heteroatoms. The molecule has 1 aliphatic heterocycles. The van der Waals surface area contributed by atoms with Gasteiger partial charge in [-0.2, -0.15) is 0 Å². The number of amides is 1. The molecular weight excluding hydrogens is 378 g/mol. The number of carbonyl (C=O) groups excluding carboxylic acids is 1. The van der Waals surface area contributed by atoms with Gasteiger partial charge in [0.05, 0.1) is 5.25 Å². The number of carbonyl (C=O) groups is 1. The normalized spacial score (nSPS) is 24.8. The molecule has 1 N–H and O–H groups in total. The minimum Gasteiger partial charge on any atom is -0.454 e. The second-order valence-corrected chi connectivity index (χ2v) is 8.88. The zero-order valence-corrected chi connectivity index (χ0v) is 17.1. The highest BCUT2D eigenvalue weighted by molar-refractivity contribution is 8.00. The van der Waals surface area contributed by atoms with Crippen LogP contribution < -0.4 is 14.8 Å². The number of nitrogens with one attached hydrogen (secondary N) is 1. The van der Waals surface area contributed by atoms with E-state index in [1.165, 1.54) is 24.6 Å². The number of aromatic nitrogens is 2. The zero-order chi connectivity index (χ0) is 19.7. The smallest absolute Gasteiger partial charge is 0.277 e. The van der Waals surface area contributed by atoms with E-state index in [4.69, 9.17) is 13.9 Å². The Morgan fingerprint density at radius 1 is 1.21 bits per heavy atom. The maximum atomic E-state index is 12.6. The Hall–Kier alpha value is -2.22. The number of nitrogens with zero attached hydrogens (tertiary/aromatic N) is 2. The van der Waals surface area contributed by atoms with Crippen LogP contribution in [0.15, 0.2) is 27.8 Å². The van der Waals surface area contributed by atoms with Crippen molar-refractivity contribution in [3.63, 3.8) is 0 Å². The molecule has 2 heterocycles. The maximum absolute atomic E-state index is 12.6. The molecule has 150 valence electrons. The summed E-state index contributed by atoms with van der Waals surface area (Å²) in [6.45, 7) is 6.57. The van der Waals surface area contributed by atoms with Crippen molar-refractivity contribution in [2.75, 3.05) is 6.79 Å². The first-order valence-electron chi connectivity index (χ1n) is 9.72. The van der Waals surface area contributed by atoms with E-state index < -0.39 is 0 Å². The second kappa shape index (κ2) is 8.03. The van der Waals surface area contributed by atoms with Gasteiger partial charge in [0, 0.05) is 11.6 Å². The van der Waals surface area contributed by atoms with Crippen molar-refractivity contribution in [3.05, 3.63) is 18.2 Å². The van der Waals surface area contributed by atoms with Crippen molar-refractivity contribution in [2.24, 2.45) is 11.8 Å². The van der Waals surface area contributed by atoms with Crippen molar-refractivity contribution >= 4 is 17.7 Å². The van der Waals surface area contributed by atoms with E-state index >= 15 is 0 Å². The van der Waals surface area contributed by atoms with Crippen molar-refractivity contribution in [2.45, 2.75) is 56.5 Å². The Morgan fingerprint density at radius 2 is 2.04 bits per heavy atom. The number of hydrogen-bond acceptors (Lipinski definition) is 7. The van der Waals surface area contributed by atoms with Gasteiger partial charge in [0.1, 0.15) is 0 Å². The molecule has 0 spiro atoms. The summed E-state index contributed by atoms with van der Waals surface area (Å²) >= 11 is 1.27. The van der Waals surface area contributed by atoms with Crippen LogP contribution in [0.3, 0.4) is 0 Å². The lowest BCUT2D eigenvalue weighted by atomic mass is 9.78. The van der Waals surface area contributed by atoms with Gasteiger partial charge in [-0.25, -0.2) is 0 Å². The molecular formula is C20H25N3O4S. The van der Waals surface area contributed by atoms with Gasteiger partial charge in [-0.15, -0.1) is 10.2 Å². The summed E-state index contributed by atoms with van der Waals surface area (Å²) in [5.74, 6) is 2.91. The Labute approximate surface area is 168 Å². The summed E-state index contributed by atoms with van der Waals surface area (Å²) in [6, 6.07) is 5.71. The van der Waals surface area contributed by atoms with Gasteiger partial charge in [0.15, 0.2) is 11.5 Å². The standard InChI is InChI=1S/C20H25N3O4S/c1-11-5-4-6-15(12(11)2)21-18(24)13(3)28-20-23-22-19(27-20)14-7-8-16-17(9-14)26-10-25-16/h7-9,11-13,15H,4-6,10H2,1-3H3,(H,21,24)/t11-,12+,13+,15+/m0/s1. The molecule has 1 aromatic heterocycles. The van der Waals surface area contributed by atoms with Gasteiger partial charge >= 0.3 is 0 Å². The fourth-order valence-electron chi connectivity index (χ4n) is 3.69. The van der Waals surface area contributed by atoms with E-state index in [0.29, 0.717) is 34.4 Å². The number of benzene rings is 1. The van der Waals surface area contributed by atoms with Crippen molar-refractivity contribution in [1.82, 2.24) is 15.5 Å². The van der Waals surface area contributed by atoms with Gasteiger partial charge in [0.2, 0.25) is 18.6 Å². The predicted octanol–water partition coefficient (Wildman–Crippen LogP) is 3.89. The molecule has 2 aliphatic rings. The number of thioether (sulfide) groups is 1. The summed E-state index contributed by atoms with van der Waals surface area (Å²) in [6.07, 6.45) is 3.45. The predicted molar refractivity (Wildman–Crippen MR) is 105 cm³/mol. The molecule has 7 nitrogen and oxygen atoms in total. The van der Waals surface area contributed by atoms with Crippen LogP contribution in [0.1, 0.15) is 40.0 Å². The van der Waals surface area contributed by atoms with Crippen molar-refractivity contribution < 1.29 is 18.7 Å². The summed E-state index contributed by atoms with van der Waals surface area (Å²) in [4.78, 5) is 12.6. The SMILES string of the molecule is C[C@@H]1[C@@H](C)CCC[C@H]1NC(=O)[C@@H](C)Sc1nnc(-c2ccc3c(c2)OCO3)o1. The number of fused-ring (bicyclic) bond motifs is 1. The minimum absolute atomic E-state index is 0.0128. The lowest BCUT2D eigenvalue weighted by Gasteiger charge is -2.35. The third-order valence-electron chi connectivity index (χ3n) is 5.71. The van der Waals surface area contributed by atoms with E-state index in [9.17, 15) is 4.79 Å². The molecule has 1 amide bonds. The monoisotopic (exact) mass is 403 g/mol. The van der Waals surface area contributed by atoms with Crippen LogP contribution in [0.4, 0.5) is 0 Å². The first kappa shape index (κ1) is 19.1. The molecule has 1 aliphatic carbocycles. The third kappa shape index (κ3) is 3.97. The Bertz CT molecular complexity index is 856. The fourth-order valence-corrected chi connectivity index (χ4v) is 4.39. The second-order valence-electron chi connectivity index (χ2n) is 7.58. The average Bonchev–Trinajstić information content (AvgIpc) is 3.34. The van der Waals surface area contributed by atoms with Crippen LogP contribution in [0.2, 0.25) is 0 Å². The van der Waals surface area contributed by atoms with Crippen LogP contribution in [0.5, 0.6) is 11.5 Å². The molecule has 1 fully saturated rings. The van der Waals surface area contributed by atoms with Crippen LogP contribution in [-0.2, 0) is 4.79 Å². The van der Waals surface area contributed by atoms with E-state index in [2.05, 4.69) is 29.4 Å². The number of ether oxygens (including phenoxy) is 2. The third-order valence-corrected chi connectivity index (χ3v) is 6.64. The van der Waals surface area contributed by atoms with Gasteiger partial charge < -0.3 is 19.2 Å². The Kier molecular flexibility index (Phi) is 5.48.